The molecule has 2 amide bonds. The van der Waals surface area contributed by atoms with Crippen molar-refractivity contribution in [1.82, 2.24) is 9.80 Å². The number of amides is 2. The molecule has 1 atom stereocenters. The van der Waals surface area contributed by atoms with Gasteiger partial charge in [0.2, 0.25) is 5.91 Å². The standard InChI is InChI=1S/C18H23ClN2O3/c1-20-13-18(24-17(20)23)9-4-11-21(12-10-18)16(22)8-7-14-5-2-3-6-15(14)19/h2-3,5-6H,4,7-13H2,1H3/t18-/m0/s1. The summed E-state index contributed by atoms with van der Waals surface area (Å²) in [4.78, 5) is 27.7. The third-order valence-corrected chi connectivity index (χ3v) is 5.33. The van der Waals surface area contributed by atoms with Gasteiger partial charge >= 0.3 is 6.09 Å². The molecule has 0 N–H and O–H groups in total. The number of halogens is 1. The third-order valence-electron chi connectivity index (χ3n) is 4.96. The van der Waals surface area contributed by atoms with Gasteiger partial charge in [-0.3, -0.25) is 4.79 Å². The molecule has 0 saturated carbocycles. The Hall–Kier alpha value is -1.75. The topological polar surface area (TPSA) is 49.9 Å². The van der Waals surface area contributed by atoms with Gasteiger partial charge in [-0.2, -0.15) is 0 Å². The molecular formula is C18H23ClN2O3. The molecule has 130 valence electrons. The molecule has 2 saturated heterocycles. The molecule has 0 aromatic heterocycles. The smallest absolute Gasteiger partial charge is 0.410 e. The van der Waals surface area contributed by atoms with E-state index >= 15 is 0 Å². The van der Waals surface area contributed by atoms with E-state index in [0.717, 1.165) is 24.9 Å². The molecule has 2 heterocycles. The Bertz CT molecular complexity index is 636. The molecule has 2 aliphatic rings. The summed E-state index contributed by atoms with van der Waals surface area (Å²) >= 11 is 6.15. The molecule has 1 spiro atoms. The van der Waals surface area contributed by atoms with Gasteiger partial charge in [-0.25, -0.2) is 4.79 Å². The van der Waals surface area contributed by atoms with Crippen LogP contribution in [0.25, 0.3) is 0 Å². The summed E-state index contributed by atoms with van der Waals surface area (Å²) in [5, 5.41) is 0.709. The van der Waals surface area contributed by atoms with Crippen molar-refractivity contribution in [3.63, 3.8) is 0 Å². The molecule has 0 aliphatic carbocycles. The number of ether oxygens (including phenoxy) is 1. The molecule has 6 heteroatoms. The van der Waals surface area contributed by atoms with Gasteiger partial charge < -0.3 is 14.5 Å². The Morgan fingerprint density at radius 2 is 2.08 bits per heavy atom. The zero-order chi connectivity index (χ0) is 17.2. The van der Waals surface area contributed by atoms with Gasteiger partial charge in [0.25, 0.3) is 0 Å². The normalized spacial score (nSPS) is 24.2. The molecule has 0 radical (unpaired) electrons. The van der Waals surface area contributed by atoms with E-state index in [9.17, 15) is 9.59 Å². The molecule has 5 nitrogen and oxygen atoms in total. The van der Waals surface area contributed by atoms with Crippen molar-refractivity contribution in [1.29, 1.82) is 0 Å². The number of likely N-dealkylation sites (tertiary alicyclic amines) is 1. The largest absolute Gasteiger partial charge is 0.441 e. The van der Waals surface area contributed by atoms with Crippen LogP contribution < -0.4 is 0 Å². The lowest BCUT2D eigenvalue weighted by molar-refractivity contribution is -0.131. The zero-order valence-electron chi connectivity index (χ0n) is 14.0. The van der Waals surface area contributed by atoms with E-state index in [1.807, 2.05) is 29.2 Å². The van der Waals surface area contributed by atoms with Crippen molar-refractivity contribution in [2.75, 3.05) is 26.7 Å². The van der Waals surface area contributed by atoms with Crippen LogP contribution in [0.3, 0.4) is 0 Å². The lowest BCUT2D eigenvalue weighted by atomic mass is 9.95. The van der Waals surface area contributed by atoms with Crippen molar-refractivity contribution in [2.45, 2.75) is 37.7 Å². The number of carbonyl (C=O) groups is 2. The highest BCUT2D eigenvalue weighted by molar-refractivity contribution is 6.31. The van der Waals surface area contributed by atoms with E-state index in [1.54, 1.807) is 11.9 Å². The number of aryl methyl sites for hydroxylation is 1. The number of nitrogens with zero attached hydrogens (tertiary/aromatic N) is 2. The highest BCUT2D eigenvalue weighted by Crippen LogP contribution is 2.32. The maximum absolute atomic E-state index is 12.5. The maximum Gasteiger partial charge on any atom is 0.410 e. The van der Waals surface area contributed by atoms with Crippen molar-refractivity contribution in [2.24, 2.45) is 0 Å². The van der Waals surface area contributed by atoms with E-state index < -0.39 is 5.60 Å². The van der Waals surface area contributed by atoms with Crippen molar-refractivity contribution in [3.8, 4) is 0 Å². The SMILES string of the molecule is CN1C[C@@]2(CCCN(C(=O)CCc3ccccc3Cl)CC2)OC1=O. The second-order valence-corrected chi connectivity index (χ2v) is 7.14. The van der Waals surface area contributed by atoms with Gasteiger partial charge in [-0.15, -0.1) is 0 Å². The van der Waals surface area contributed by atoms with Gasteiger partial charge in [-0.1, -0.05) is 29.8 Å². The molecule has 2 fully saturated rings. The fourth-order valence-corrected chi connectivity index (χ4v) is 3.80. The van der Waals surface area contributed by atoms with Gasteiger partial charge in [0, 0.05) is 38.0 Å². The van der Waals surface area contributed by atoms with E-state index in [-0.39, 0.29) is 12.0 Å². The molecule has 1 aromatic rings. The quantitative estimate of drug-likeness (QED) is 0.841. The first-order valence-corrected chi connectivity index (χ1v) is 8.82. The van der Waals surface area contributed by atoms with Gasteiger partial charge in [0.15, 0.2) is 0 Å². The first-order chi connectivity index (χ1) is 11.5. The molecule has 24 heavy (non-hydrogen) atoms. The Labute approximate surface area is 147 Å². The van der Waals surface area contributed by atoms with E-state index in [4.69, 9.17) is 16.3 Å². The van der Waals surface area contributed by atoms with Gasteiger partial charge in [-0.05, 0) is 30.9 Å². The average molecular weight is 351 g/mol. The fourth-order valence-electron chi connectivity index (χ4n) is 3.57. The van der Waals surface area contributed by atoms with Crippen LogP contribution in [-0.4, -0.2) is 54.1 Å². The van der Waals surface area contributed by atoms with Crippen molar-refractivity contribution >= 4 is 23.6 Å². The van der Waals surface area contributed by atoms with Gasteiger partial charge in [0.1, 0.15) is 5.60 Å². The van der Waals surface area contributed by atoms with Gasteiger partial charge in [0.05, 0.1) is 6.54 Å². The monoisotopic (exact) mass is 350 g/mol. The molecule has 2 aliphatic heterocycles. The van der Waals surface area contributed by atoms with Crippen LogP contribution in [0.2, 0.25) is 5.02 Å². The summed E-state index contributed by atoms with van der Waals surface area (Å²) in [5.41, 5.74) is 0.592. The van der Waals surface area contributed by atoms with Crippen molar-refractivity contribution < 1.29 is 14.3 Å². The number of likely N-dealkylation sites (N-methyl/N-ethyl adjacent to an activating group) is 1. The fraction of sp³-hybridized carbons (Fsp3) is 0.556. The first-order valence-electron chi connectivity index (χ1n) is 8.44. The average Bonchev–Trinajstić information content (AvgIpc) is 2.72. The summed E-state index contributed by atoms with van der Waals surface area (Å²) in [6.07, 6.45) is 3.24. The Kier molecular flexibility index (Phi) is 4.99. The number of carbonyl (C=O) groups excluding carboxylic acids is 2. The highest BCUT2D eigenvalue weighted by atomic mass is 35.5. The minimum atomic E-state index is -0.413. The van der Waals surface area contributed by atoms with Crippen LogP contribution in [0.4, 0.5) is 4.79 Å². The second kappa shape index (κ2) is 7.01. The molecule has 3 rings (SSSR count). The molecule has 0 unspecified atom stereocenters. The van der Waals surface area contributed by atoms with E-state index in [0.29, 0.717) is 37.4 Å². The molecular weight excluding hydrogens is 328 g/mol. The first kappa shape index (κ1) is 17.1. The Morgan fingerprint density at radius 3 is 2.79 bits per heavy atom. The molecule has 1 aromatic carbocycles. The third kappa shape index (κ3) is 3.66. The van der Waals surface area contributed by atoms with Crippen LogP contribution in [0.5, 0.6) is 0 Å². The number of rotatable bonds is 3. The summed E-state index contributed by atoms with van der Waals surface area (Å²) in [5.74, 6) is 0.143. The number of benzene rings is 1. The zero-order valence-corrected chi connectivity index (χ0v) is 14.7. The molecule has 0 bridgehead atoms. The minimum absolute atomic E-state index is 0.143. The summed E-state index contributed by atoms with van der Waals surface area (Å²) in [6, 6.07) is 7.64. The number of hydrogen-bond donors (Lipinski definition) is 0. The lowest BCUT2D eigenvalue weighted by Gasteiger charge is -2.25. The predicted molar refractivity (Wildman–Crippen MR) is 92.0 cm³/mol. The van der Waals surface area contributed by atoms with Crippen molar-refractivity contribution in [3.05, 3.63) is 34.9 Å². The Balaban J connectivity index is 1.55. The van der Waals surface area contributed by atoms with Crippen LogP contribution in [0, 0.1) is 0 Å². The number of hydrogen-bond acceptors (Lipinski definition) is 3. The van der Waals surface area contributed by atoms with E-state index in [2.05, 4.69) is 0 Å². The summed E-state index contributed by atoms with van der Waals surface area (Å²) in [7, 11) is 1.76. The lowest BCUT2D eigenvalue weighted by Crippen LogP contribution is -2.36. The Morgan fingerprint density at radius 1 is 1.29 bits per heavy atom. The van der Waals surface area contributed by atoms with Crippen LogP contribution in [0.15, 0.2) is 24.3 Å². The highest BCUT2D eigenvalue weighted by Gasteiger charge is 2.44. The summed E-state index contributed by atoms with van der Waals surface area (Å²) in [6.45, 7) is 1.99. The van der Waals surface area contributed by atoms with Crippen LogP contribution >= 0.6 is 11.6 Å². The van der Waals surface area contributed by atoms with Crippen LogP contribution in [-0.2, 0) is 16.0 Å². The predicted octanol–water partition coefficient (Wildman–Crippen LogP) is 3.11. The minimum Gasteiger partial charge on any atom is -0.441 e. The maximum atomic E-state index is 12.5. The summed E-state index contributed by atoms with van der Waals surface area (Å²) < 4.78 is 5.59. The van der Waals surface area contributed by atoms with Crippen LogP contribution in [0.1, 0.15) is 31.2 Å². The second-order valence-electron chi connectivity index (χ2n) is 6.73. The van der Waals surface area contributed by atoms with E-state index in [1.165, 1.54) is 0 Å².